The van der Waals surface area contributed by atoms with Gasteiger partial charge in [-0.1, -0.05) is 48.0 Å². The van der Waals surface area contributed by atoms with Crippen LogP contribution in [-0.2, 0) is 0 Å². The summed E-state index contributed by atoms with van der Waals surface area (Å²) in [6.07, 6.45) is 0. The van der Waals surface area contributed by atoms with Crippen LogP contribution >= 0.6 is 11.6 Å². The topological polar surface area (TPSA) is 45.6 Å². The largest absolute Gasteiger partial charge is 0.335 e. The number of para-hydroxylation sites is 1. The minimum absolute atomic E-state index is 0.0738. The smallest absolute Gasteiger partial charge is 0.255 e. The second kappa shape index (κ2) is 9.99. The molecule has 0 spiro atoms. The van der Waals surface area contributed by atoms with Gasteiger partial charge in [0, 0.05) is 48.1 Å². The van der Waals surface area contributed by atoms with E-state index in [0.29, 0.717) is 42.3 Å². The molecule has 36 heavy (non-hydrogen) atoms. The molecule has 182 valence electrons. The molecule has 2 heterocycles. The van der Waals surface area contributed by atoms with E-state index >= 15 is 0 Å². The highest BCUT2D eigenvalue weighted by Gasteiger charge is 2.28. The van der Waals surface area contributed by atoms with E-state index in [1.807, 2.05) is 67.6 Å². The Labute approximate surface area is 214 Å². The highest BCUT2D eigenvalue weighted by Crippen LogP contribution is 2.31. The van der Waals surface area contributed by atoms with Crippen LogP contribution in [0.3, 0.4) is 0 Å². The molecular weight excluding hydrogens is 477 g/mol. The summed E-state index contributed by atoms with van der Waals surface area (Å²) in [5, 5.41) is 0.648. The summed E-state index contributed by atoms with van der Waals surface area (Å²) in [4.78, 5) is 29.9. The lowest BCUT2D eigenvalue weighted by Gasteiger charge is -2.34. The molecule has 0 unspecified atom stereocenters. The van der Waals surface area contributed by atoms with Crippen molar-refractivity contribution < 1.29 is 14.0 Å². The van der Waals surface area contributed by atoms with Crippen LogP contribution in [0.5, 0.6) is 0 Å². The van der Waals surface area contributed by atoms with E-state index in [9.17, 15) is 14.0 Å². The van der Waals surface area contributed by atoms with Crippen LogP contribution in [-0.4, -0.2) is 52.4 Å². The first-order valence-electron chi connectivity index (χ1n) is 11.8. The molecular formula is C29H25ClFN3O2. The van der Waals surface area contributed by atoms with Gasteiger partial charge < -0.3 is 14.4 Å². The summed E-state index contributed by atoms with van der Waals surface area (Å²) >= 11 is 6.11. The fourth-order valence-electron chi connectivity index (χ4n) is 4.65. The summed E-state index contributed by atoms with van der Waals surface area (Å²) in [7, 11) is 0. The number of nitrogens with zero attached hydrogens (tertiary/aromatic N) is 3. The Bertz CT molecular complexity index is 1410. The van der Waals surface area contributed by atoms with E-state index < -0.39 is 5.82 Å². The number of amides is 2. The first kappa shape index (κ1) is 23.8. The van der Waals surface area contributed by atoms with Crippen LogP contribution in [0.1, 0.15) is 26.4 Å². The molecule has 1 fully saturated rings. The van der Waals surface area contributed by atoms with Crippen LogP contribution in [0.15, 0.2) is 84.9 Å². The van der Waals surface area contributed by atoms with Crippen LogP contribution in [0, 0.1) is 12.7 Å². The maximum absolute atomic E-state index is 13.6. The van der Waals surface area contributed by atoms with Gasteiger partial charge in [-0.15, -0.1) is 0 Å². The second-order valence-corrected chi connectivity index (χ2v) is 9.24. The molecule has 0 aliphatic carbocycles. The molecule has 7 heteroatoms. The third-order valence-electron chi connectivity index (χ3n) is 6.56. The summed E-state index contributed by atoms with van der Waals surface area (Å²) < 4.78 is 15.6. The van der Waals surface area contributed by atoms with Crippen molar-refractivity contribution in [1.82, 2.24) is 14.4 Å². The quantitative estimate of drug-likeness (QED) is 0.352. The van der Waals surface area contributed by atoms with Crippen LogP contribution in [0.4, 0.5) is 4.39 Å². The summed E-state index contributed by atoms with van der Waals surface area (Å²) in [6.45, 7) is 3.55. The standard InChI is InChI=1S/C29H25ClFN3O2/c1-20-26(19-27(21-10-12-23(30)13-11-21)34(20)25-8-3-2-4-9-25)29(36)33-16-14-32(15-17-33)28(35)22-6-5-7-24(31)18-22/h2-13,18-19H,14-17H2,1H3. The number of hydrogen-bond acceptors (Lipinski definition) is 2. The number of piperazine rings is 1. The molecule has 0 radical (unpaired) electrons. The van der Waals surface area contributed by atoms with E-state index in [1.54, 1.807) is 15.9 Å². The summed E-state index contributed by atoms with van der Waals surface area (Å²) in [6, 6.07) is 25.1. The number of carbonyl (C=O) groups is 2. The maximum Gasteiger partial charge on any atom is 0.255 e. The molecule has 0 N–H and O–H groups in total. The van der Waals surface area contributed by atoms with Crippen LogP contribution in [0.2, 0.25) is 5.02 Å². The van der Waals surface area contributed by atoms with Crippen molar-refractivity contribution >= 4 is 23.4 Å². The van der Waals surface area contributed by atoms with E-state index in [0.717, 1.165) is 22.6 Å². The lowest BCUT2D eigenvalue weighted by molar-refractivity contribution is 0.0535. The molecule has 1 aliphatic heterocycles. The summed E-state index contributed by atoms with van der Waals surface area (Å²) in [5.74, 6) is -0.738. The fraction of sp³-hybridized carbons (Fsp3) is 0.172. The Kier molecular flexibility index (Phi) is 6.61. The SMILES string of the molecule is Cc1c(C(=O)N2CCN(C(=O)c3cccc(F)c3)CC2)cc(-c2ccc(Cl)cc2)n1-c1ccccc1. The monoisotopic (exact) mass is 501 g/mol. The van der Waals surface area contributed by atoms with Gasteiger partial charge in [-0.3, -0.25) is 9.59 Å². The molecule has 1 saturated heterocycles. The van der Waals surface area contributed by atoms with E-state index in [2.05, 4.69) is 4.57 Å². The van der Waals surface area contributed by atoms with Crippen molar-refractivity contribution in [2.45, 2.75) is 6.92 Å². The normalized spacial score (nSPS) is 13.6. The minimum atomic E-state index is -0.440. The number of aromatic nitrogens is 1. The second-order valence-electron chi connectivity index (χ2n) is 8.80. The van der Waals surface area contributed by atoms with Gasteiger partial charge in [-0.2, -0.15) is 0 Å². The van der Waals surface area contributed by atoms with Crippen molar-refractivity contribution in [3.05, 3.63) is 113 Å². The first-order valence-corrected chi connectivity index (χ1v) is 12.2. The number of rotatable bonds is 4. The fourth-order valence-corrected chi connectivity index (χ4v) is 4.78. The Morgan fingerprint density at radius 2 is 1.42 bits per heavy atom. The van der Waals surface area contributed by atoms with E-state index in [1.165, 1.54) is 18.2 Å². The van der Waals surface area contributed by atoms with Crippen molar-refractivity contribution in [3.8, 4) is 16.9 Å². The molecule has 0 bridgehead atoms. The lowest BCUT2D eigenvalue weighted by atomic mass is 10.1. The summed E-state index contributed by atoms with van der Waals surface area (Å²) in [5.41, 5.74) is 4.60. The zero-order valence-corrected chi connectivity index (χ0v) is 20.6. The minimum Gasteiger partial charge on any atom is -0.335 e. The van der Waals surface area contributed by atoms with Gasteiger partial charge in [0.2, 0.25) is 0 Å². The Morgan fingerprint density at radius 1 is 0.778 bits per heavy atom. The van der Waals surface area contributed by atoms with Crippen LogP contribution in [0.25, 0.3) is 16.9 Å². The highest BCUT2D eigenvalue weighted by molar-refractivity contribution is 6.30. The van der Waals surface area contributed by atoms with Gasteiger partial charge in [0.25, 0.3) is 11.8 Å². The van der Waals surface area contributed by atoms with Crippen molar-refractivity contribution in [1.29, 1.82) is 0 Å². The van der Waals surface area contributed by atoms with E-state index in [4.69, 9.17) is 11.6 Å². The molecule has 0 saturated carbocycles. The Balaban J connectivity index is 1.40. The van der Waals surface area contributed by atoms with Gasteiger partial charge in [-0.25, -0.2) is 4.39 Å². The molecule has 1 aliphatic rings. The Morgan fingerprint density at radius 3 is 2.06 bits per heavy atom. The van der Waals surface area contributed by atoms with Crippen LogP contribution < -0.4 is 0 Å². The predicted molar refractivity (Wildman–Crippen MR) is 139 cm³/mol. The molecule has 5 nitrogen and oxygen atoms in total. The van der Waals surface area contributed by atoms with Gasteiger partial charge in [0.15, 0.2) is 0 Å². The highest BCUT2D eigenvalue weighted by atomic mass is 35.5. The van der Waals surface area contributed by atoms with Gasteiger partial charge in [0.1, 0.15) is 5.82 Å². The zero-order chi connectivity index (χ0) is 25.2. The first-order chi connectivity index (χ1) is 17.4. The lowest BCUT2D eigenvalue weighted by Crippen LogP contribution is -2.50. The number of halogens is 2. The molecule has 4 aromatic rings. The van der Waals surface area contributed by atoms with E-state index in [-0.39, 0.29) is 11.8 Å². The van der Waals surface area contributed by atoms with Crippen molar-refractivity contribution in [2.75, 3.05) is 26.2 Å². The van der Waals surface area contributed by atoms with Gasteiger partial charge >= 0.3 is 0 Å². The molecule has 2 amide bonds. The van der Waals surface area contributed by atoms with Crippen molar-refractivity contribution in [2.24, 2.45) is 0 Å². The average molecular weight is 502 g/mol. The third-order valence-corrected chi connectivity index (χ3v) is 6.81. The number of carbonyl (C=O) groups excluding carboxylic acids is 2. The average Bonchev–Trinajstić information content (AvgIpc) is 3.25. The third kappa shape index (κ3) is 4.64. The van der Waals surface area contributed by atoms with Crippen molar-refractivity contribution in [3.63, 3.8) is 0 Å². The van der Waals surface area contributed by atoms with Gasteiger partial charge in [0.05, 0.1) is 11.3 Å². The zero-order valence-electron chi connectivity index (χ0n) is 19.8. The number of hydrogen-bond donors (Lipinski definition) is 0. The molecule has 3 aromatic carbocycles. The predicted octanol–water partition coefficient (Wildman–Crippen LogP) is 5.84. The van der Waals surface area contributed by atoms with Gasteiger partial charge in [-0.05, 0) is 61.0 Å². The maximum atomic E-state index is 13.6. The molecule has 0 atom stereocenters. The molecule has 1 aromatic heterocycles. The number of benzene rings is 3. The molecule has 5 rings (SSSR count). The Hall–Kier alpha value is -3.90.